The Morgan fingerprint density at radius 3 is 2.41 bits per heavy atom. The predicted molar refractivity (Wildman–Crippen MR) is 98.6 cm³/mol. The lowest BCUT2D eigenvalue weighted by Crippen LogP contribution is -2.27. The number of hydrogen-bond donors (Lipinski definition) is 2. The predicted octanol–water partition coefficient (Wildman–Crippen LogP) is 5.03. The van der Waals surface area contributed by atoms with E-state index in [0.29, 0.717) is 0 Å². The molecule has 0 bridgehead atoms. The molecule has 0 atom stereocenters. The Kier molecular flexibility index (Phi) is 7.77. The lowest BCUT2D eigenvalue weighted by atomic mass is 9.90. The van der Waals surface area contributed by atoms with E-state index in [-0.39, 0.29) is 0 Å². The van der Waals surface area contributed by atoms with Gasteiger partial charge in [-0.3, -0.25) is 4.72 Å². The Morgan fingerprint density at radius 1 is 1.05 bits per heavy atom. The third-order valence-corrected chi connectivity index (χ3v) is 5.66. The molecule has 1 aliphatic carbocycles. The van der Waals surface area contributed by atoms with Crippen LogP contribution < -0.4 is 10.0 Å². The average Bonchev–Trinajstić information content (AvgIpc) is 3.09. The van der Waals surface area contributed by atoms with Gasteiger partial charge in [0.25, 0.3) is 0 Å². The molecule has 2 nitrogen and oxygen atoms in total. The summed E-state index contributed by atoms with van der Waals surface area (Å²) >= 11 is 1.88. The normalized spacial score (nSPS) is 19.8. The second kappa shape index (κ2) is 9.59. The SMILES string of the molecule is CC.Cc1ccc(C2CCNCC2)c(SNC2CCCC2)c1. The zero-order valence-corrected chi connectivity index (χ0v) is 15.3. The van der Waals surface area contributed by atoms with Crippen molar-refractivity contribution in [2.24, 2.45) is 0 Å². The van der Waals surface area contributed by atoms with Gasteiger partial charge in [0.05, 0.1) is 0 Å². The Hall–Kier alpha value is -0.510. The summed E-state index contributed by atoms with van der Waals surface area (Å²) in [5.74, 6) is 0.740. The van der Waals surface area contributed by atoms with Crippen molar-refractivity contribution in [3.05, 3.63) is 29.3 Å². The summed E-state index contributed by atoms with van der Waals surface area (Å²) in [6.07, 6.45) is 8.05. The highest BCUT2D eigenvalue weighted by Crippen LogP contribution is 2.34. The second-order valence-electron chi connectivity index (χ2n) is 6.27. The van der Waals surface area contributed by atoms with Crippen LogP contribution in [-0.2, 0) is 0 Å². The van der Waals surface area contributed by atoms with E-state index >= 15 is 0 Å². The summed E-state index contributed by atoms with van der Waals surface area (Å²) < 4.78 is 3.71. The van der Waals surface area contributed by atoms with E-state index in [1.807, 2.05) is 25.8 Å². The highest BCUT2D eigenvalue weighted by atomic mass is 32.2. The van der Waals surface area contributed by atoms with E-state index in [4.69, 9.17) is 0 Å². The molecule has 22 heavy (non-hydrogen) atoms. The molecule has 1 aromatic carbocycles. The quantitative estimate of drug-likeness (QED) is 0.761. The maximum atomic E-state index is 3.71. The fraction of sp³-hybridized carbons (Fsp3) is 0.684. The Balaban J connectivity index is 0.000000847. The lowest BCUT2D eigenvalue weighted by molar-refractivity contribution is 0.456. The first-order chi connectivity index (χ1) is 10.8. The van der Waals surface area contributed by atoms with Crippen molar-refractivity contribution in [3.63, 3.8) is 0 Å². The topological polar surface area (TPSA) is 24.1 Å². The van der Waals surface area contributed by atoms with Gasteiger partial charge in [0.15, 0.2) is 0 Å². The van der Waals surface area contributed by atoms with Crippen LogP contribution in [0, 0.1) is 6.92 Å². The largest absolute Gasteiger partial charge is 0.317 e. The van der Waals surface area contributed by atoms with Crippen LogP contribution >= 0.6 is 11.9 Å². The first-order valence-corrected chi connectivity index (χ1v) is 9.88. The molecular formula is C19H32N2S. The molecule has 1 saturated heterocycles. The van der Waals surface area contributed by atoms with Crippen LogP contribution in [0.15, 0.2) is 23.1 Å². The maximum absolute atomic E-state index is 3.71. The van der Waals surface area contributed by atoms with E-state index in [0.717, 1.165) is 12.0 Å². The van der Waals surface area contributed by atoms with E-state index in [1.165, 1.54) is 62.1 Å². The van der Waals surface area contributed by atoms with Gasteiger partial charge in [-0.1, -0.05) is 38.8 Å². The van der Waals surface area contributed by atoms with Gasteiger partial charge in [-0.15, -0.1) is 0 Å². The molecule has 0 spiro atoms. The van der Waals surface area contributed by atoms with Crippen molar-refractivity contribution >= 4 is 11.9 Å². The molecule has 3 heteroatoms. The molecule has 1 aliphatic heterocycles. The van der Waals surface area contributed by atoms with Gasteiger partial charge in [0.2, 0.25) is 0 Å². The fourth-order valence-corrected chi connectivity index (χ4v) is 4.52. The summed E-state index contributed by atoms with van der Waals surface area (Å²) in [7, 11) is 0. The van der Waals surface area contributed by atoms with Crippen LogP contribution in [0.5, 0.6) is 0 Å². The average molecular weight is 321 g/mol. The molecule has 2 aliphatic rings. The van der Waals surface area contributed by atoms with Gasteiger partial charge in [-0.05, 0) is 80.8 Å². The number of benzene rings is 1. The van der Waals surface area contributed by atoms with Crippen molar-refractivity contribution in [2.45, 2.75) is 76.2 Å². The first kappa shape index (κ1) is 17.8. The van der Waals surface area contributed by atoms with Gasteiger partial charge in [0, 0.05) is 10.9 Å². The van der Waals surface area contributed by atoms with Gasteiger partial charge in [-0.2, -0.15) is 0 Å². The minimum absolute atomic E-state index is 0.724. The molecule has 2 fully saturated rings. The highest BCUT2D eigenvalue weighted by Gasteiger charge is 2.20. The smallest absolute Gasteiger partial charge is 0.0265 e. The van der Waals surface area contributed by atoms with Crippen LogP contribution in [0.2, 0.25) is 0 Å². The van der Waals surface area contributed by atoms with Crippen LogP contribution in [0.4, 0.5) is 0 Å². The molecular weight excluding hydrogens is 288 g/mol. The minimum atomic E-state index is 0.724. The third kappa shape index (κ3) is 5.00. The monoisotopic (exact) mass is 320 g/mol. The molecule has 124 valence electrons. The second-order valence-corrected chi connectivity index (χ2v) is 7.15. The molecule has 2 N–H and O–H groups in total. The highest BCUT2D eigenvalue weighted by molar-refractivity contribution is 7.97. The van der Waals surface area contributed by atoms with E-state index in [9.17, 15) is 0 Å². The molecule has 0 aromatic heterocycles. The van der Waals surface area contributed by atoms with Gasteiger partial charge >= 0.3 is 0 Å². The van der Waals surface area contributed by atoms with E-state index < -0.39 is 0 Å². The molecule has 0 amide bonds. The van der Waals surface area contributed by atoms with Crippen molar-refractivity contribution in [1.29, 1.82) is 0 Å². The molecule has 1 heterocycles. The summed E-state index contributed by atoms with van der Waals surface area (Å²) in [4.78, 5) is 1.46. The third-order valence-electron chi connectivity index (χ3n) is 4.64. The Labute approximate surface area is 141 Å². The number of nitrogens with one attached hydrogen (secondary N) is 2. The molecule has 1 saturated carbocycles. The summed E-state index contributed by atoms with van der Waals surface area (Å²) in [5.41, 5.74) is 2.94. The zero-order valence-electron chi connectivity index (χ0n) is 14.5. The molecule has 3 rings (SSSR count). The van der Waals surface area contributed by atoms with Crippen molar-refractivity contribution in [3.8, 4) is 0 Å². The van der Waals surface area contributed by atoms with Crippen molar-refractivity contribution in [2.75, 3.05) is 13.1 Å². The van der Waals surface area contributed by atoms with Crippen molar-refractivity contribution in [1.82, 2.24) is 10.0 Å². The first-order valence-electron chi connectivity index (χ1n) is 9.06. The van der Waals surface area contributed by atoms with Gasteiger partial charge in [0.1, 0.15) is 0 Å². The minimum Gasteiger partial charge on any atom is -0.317 e. The number of hydrogen-bond acceptors (Lipinski definition) is 3. The molecule has 0 radical (unpaired) electrons. The molecule has 0 unspecified atom stereocenters. The Morgan fingerprint density at radius 2 is 1.73 bits per heavy atom. The Bertz CT molecular complexity index is 435. The summed E-state index contributed by atoms with van der Waals surface area (Å²) in [6.45, 7) is 8.53. The lowest BCUT2D eigenvalue weighted by Gasteiger charge is -2.25. The van der Waals surface area contributed by atoms with Crippen LogP contribution in [-0.4, -0.2) is 19.1 Å². The maximum Gasteiger partial charge on any atom is 0.0265 e. The van der Waals surface area contributed by atoms with Crippen molar-refractivity contribution < 1.29 is 0 Å². The van der Waals surface area contributed by atoms with Gasteiger partial charge < -0.3 is 5.32 Å². The summed E-state index contributed by atoms with van der Waals surface area (Å²) in [6, 6.07) is 7.73. The fourth-order valence-electron chi connectivity index (χ4n) is 3.39. The zero-order chi connectivity index (χ0) is 15.8. The number of piperidine rings is 1. The van der Waals surface area contributed by atoms with Gasteiger partial charge in [-0.25, -0.2) is 0 Å². The van der Waals surface area contributed by atoms with Crippen LogP contribution in [0.1, 0.15) is 69.4 Å². The standard InChI is InChI=1S/C17H26N2S.C2H6/c1-13-6-7-16(14-8-10-18-11-9-14)17(12-13)20-19-15-4-2-3-5-15;1-2/h6-7,12,14-15,18-19H,2-5,8-11H2,1H3;1-2H3. The van der Waals surface area contributed by atoms with Crippen LogP contribution in [0.3, 0.4) is 0 Å². The number of aryl methyl sites for hydroxylation is 1. The molecule has 1 aromatic rings. The number of rotatable bonds is 4. The summed E-state index contributed by atoms with van der Waals surface area (Å²) in [5, 5.41) is 3.47. The van der Waals surface area contributed by atoms with E-state index in [2.05, 4.69) is 35.2 Å². The van der Waals surface area contributed by atoms with E-state index in [1.54, 1.807) is 5.56 Å². The van der Waals surface area contributed by atoms with Crippen LogP contribution in [0.25, 0.3) is 0 Å².